The summed E-state index contributed by atoms with van der Waals surface area (Å²) in [6, 6.07) is 9.81. The third kappa shape index (κ3) is 6.64. The van der Waals surface area contributed by atoms with E-state index in [2.05, 4.69) is 45.7 Å². The first-order valence-corrected chi connectivity index (χ1v) is 13.6. The van der Waals surface area contributed by atoms with E-state index in [-0.39, 0.29) is 11.6 Å². The van der Waals surface area contributed by atoms with Gasteiger partial charge >= 0.3 is 5.97 Å². The Morgan fingerprint density at radius 2 is 1.77 bits per heavy atom. The summed E-state index contributed by atoms with van der Waals surface area (Å²) in [7, 11) is -2.20. The molecule has 1 aliphatic rings. The molecule has 1 fully saturated rings. The lowest BCUT2D eigenvalue weighted by molar-refractivity contribution is -0.158. The highest BCUT2D eigenvalue weighted by atomic mass is 28.4. The summed E-state index contributed by atoms with van der Waals surface area (Å²) in [6.07, 6.45) is -3.12. The number of ether oxygens (including phenoxy) is 3. The number of esters is 1. The maximum absolute atomic E-state index is 11.6. The minimum atomic E-state index is -2.20. The topological polar surface area (TPSA) is 74.2 Å². The van der Waals surface area contributed by atoms with Gasteiger partial charge in [0.1, 0.15) is 18.3 Å². The summed E-state index contributed by atoms with van der Waals surface area (Å²) in [5, 5.41) is 10.8. The van der Waals surface area contributed by atoms with Gasteiger partial charge in [0.15, 0.2) is 14.1 Å². The van der Waals surface area contributed by atoms with E-state index in [1.807, 2.05) is 30.3 Å². The molecule has 1 N–H and O–H groups in total. The summed E-state index contributed by atoms with van der Waals surface area (Å²) in [6.45, 7) is 16.4. The fourth-order valence-corrected chi connectivity index (χ4v) is 4.40. The van der Waals surface area contributed by atoms with Gasteiger partial charge in [-0.1, -0.05) is 57.0 Å². The van der Waals surface area contributed by atoms with E-state index in [1.54, 1.807) is 20.8 Å². The standard InChI is InChI=1S/C24H36O6Si/c1-9-27-19(26)16-15-18(25)21-22(29-24(5,6)28-21)20(17-13-11-10-12-14-17)30-31(7,8)23(2,3)4/h10-14,18,20-22,25H,9H2,1-8H3/t18-,20+,21+,22-/m1/s1. The molecule has 6 nitrogen and oxygen atoms in total. The lowest BCUT2D eigenvalue weighted by Gasteiger charge is -2.41. The van der Waals surface area contributed by atoms with Gasteiger partial charge in [0.25, 0.3) is 0 Å². The Balaban J connectivity index is 2.42. The summed E-state index contributed by atoms with van der Waals surface area (Å²) < 4.78 is 23.9. The van der Waals surface area contributed by atoms with E-state index < -0.39 is 44.5 Å². The number of carbonyl (C=O) groups is 1. The van der Waals surface area contributed by atoms with Crippen LogP contribution in [0, 0.1) is 11.8 Å². The molecule has 1 heterocycles. The van der Waals surface area contributed by atoms with Gasteiger partial charge in [-0.05, 0) is 44.5 Å². The molecule has 1 saturated heterocycles. The van der Waals surface area contributed by atoms with Crippen LogP contribution in [-0.4, -0.2) is 50.1 Å². The van der Waals surface area contributed by atoms with Crippen molar-refractivity contribution in [3.8, 4) is 11.8 Å². The summed E-state index contributed by atoms with van der Waals surface area (Å²) >= 11 is 0. The van der Waals surface area contributed by atoms with Crippen molar-refractivity contribution in [1.29, 1.82) is 0 Å². The van der Waals surface area contributed by atoms with Crippen molar-refractivity contribution in [3.05, 3.63) is 35.9 Å². The average Bonchev–Trinajstić information content (AvgIpc) is 2.99. The van der Waals surface area contributed by atoms with Crippen molar-refractivity contribution < 1.29 is 28.5 Å². The van der Waals surface area contributed by atoms with Crippen LogP contribution in [0.25, 0.3) is 0 Å². The number of aliphatic hydroxyl groups is 1. The molecule has 172 valence electrons. The first-order valence-electron chi connectivity index (χ1n) is 10.7. The van der Waals surface area contributed by atoms with Crippen LogP contribution in [0.4, 0.5) is 0 Å². The molecular weight excluding hydrogens is 412 g/mol. The molecule has 0 amide bonds. The van der Waals surface area contributed by atoms with Gasteiger partial charge in [0, 0.05) is 5.92 Å². The number of hydrogen-bond acceptors (Lipinski definition) is 6. The monoisotopic (exact) mass is 448 g/mol. The van der Waals surface area contributed by atoms with Crippen molar-refractivity contribution in [1.82, 2.24) is 0 Å². The first kappa shape index (κ1) is 25.6. The van der Waals surface area contributed by atoms with Gasteiger partial charge in [0.2, 0.25) is 0 Å². The molecule has 0 saturated carbocycles. The van der Waals surface area contributed by atoms with E-state index in [1.165, 1.54) is 0 Å². The Kier molecular flexibility index (Phi) is 8.12. The third-order valence-corrected chi connectivity index (χ3v) is 10.2. The van der Waals surface area contributed by atoms with Crippen LogP contribution in [0.1, 0.15) is 53.2 Å². The van der Waals surface area contributed by atoms with Crippen molar-refractivity contribution in [2.24, 2.45) is 0 Å². The molecule has 7 heteroatoms. The smallest absolute Gasteiger partial charge is 0.384 e. The van der Waals surface area contributed by atoms with Crippen LogP contribution in [-0.2, 0) is 23.4 Å². The average molecular weight is 449 g/mol. The molecule has 4 atom stereocenters. The fourth-order valence-electron chi connectivity index (χ4n) is 3.14. The number of rotatable bonds is 6. The molecule has 0 bridgehead atoms. The normalized spacial score (nSPS) is 22.9. The minimum absolute atomic E-state index is 0.0210. The van der Waals surface area contributed by atoms with E-state index in [0.29, 0.717) is 0 Å². The Labute approximate surface area is 187 Å². The maximum Gasteiger partial charge on any atom is 0.384 e. The van der Waals surface area contributed by atoms with Gasteiger partial charge < -0.3 is 23.7 Å². The quantitative estimate of drug-likeness (QED) is 0.304. The van der Waals surface area contributed by atoms with E-state index in [9.17, 15) is 9.90 Å². The molecule has 0 aliphatic carbocycles. The van der Waals surface area contributed by atoms with E-state index in [4.69, 9.17) is 18.6 Å². The molecule has 2 rings (SSSR count). The van der Waals surface area contributed by atoms with Crippen molar-refractivity contribution in [2.75, 3.05) is 6.61 Å². The van der Waals surface area contributed by atoms with Gasteiger partial charge in [-0.15, -0.1) is 0 Å². The number of benzene rings is 1. The Hall–Kier alpha value is -1.69. The van der Waals surface area contributed by atoms with Crippen molar-refractivity contribution in [3.63, 3.8) is 0 Å². The van der Waals surface area contributed by atoms with Crippen LogP contribution in [0.3, 0.4) is 0 Å². The molecule has 0 spiro atoms. The van der Waals surface area contributed by atoms with E-state index >= 15 is 0 Å². The zero-order valence-electron chi connectivity index (χ0n) is 19.9. The Morgan fingerprint density at radius 3 is 2.32 bits per heavy atom. The lowest BCUT2D eigenvalue weighted by Crippen LogP contribution is -2.47. The molecule has 0 unspecified atom stereocenters. The number of hydrogen-bond donors (Lipinski definition) is 1. The Bertz CT molecular complexity index is 803. The number of carbonyl (C=O) groups excluding carboxylic acids is 1. The molecule has 0 radical (unpaired) electrons. The second-order valence-electron chi connectivity index (χ2n) is 9.71. The largest absolute Gasteiger partial charge is 0.456 e. The predicted octanol–water partition coefficient (Wildman–Crippen LogP) is 4.20. The molecule has 1 aromatic rings. The summed E-state index contributed by atoms with van der Waals surface area (Å²) in [4.78, 5) is 11.6. The molecule has 1 aromatic carbocycles. The molecule has 1 aliphatic heterocycles. The predicted molar refractivity (Wildman–Crippen MR) is 122 cm³/mol. The van der Waals surface area contributed by atoms with Crippen LogP contribution in [0.2, 0.25) is 18.1 Å². The SMILES string of the molecule is CCOC(=O)C#C[C@@H](O)[C@@H]1OC(C)(C)O[C@@H]1[C@@H](O[Si](C)(C)C(C)(C)C)c1ccccc1. The van der Waals surface area contributed by atoms with Crippen LogP contribution in [0.5, 0.6) is 0 Å². The second kappa shape index (κ2) is 9.84. The fraction of sp³-hybridized carbons (Fsp3) is 0.625. The highest BCUT2D eigenvalue weighted by molar-refractivity contribution is 6.74. The molecular formula is C24H36O6Si. The lowest BCUT2D eigenvalue weighted by atomic mass is 9.97. The highest BCUT2D eigenvalue weighted by Gasteiger charge is 2.51. The zero-order chi connectivity index (χ0) is 23.4. The zero-order valence-corrected chi connectivity index (χ0v) is 20.9. The van der Waals surface area contributed by atoms with Crippen molar-refractivity contribution >= 4 is 14.3 Å². The maximum atomic E-state index is 11.6. The summed E-state index contributed by atoms with van der Waals surface area (Å²) in [5.41, 5.74) is 0.939. The van der Waals surface area contributed by atoms with Gasteiger partial charge in [0.05, 0.1) is 12.7 Å². The van der Waals surface area contributed by atoms with Crippen LogP contribution >= 0.6 is 0 Å². The van der Waals surface area contributed by atoms with E-state index in [0.717, 1.165) is 5.56 Å². The van der Waals surface area contributed by atoms with Crippen molar-refractivity contribution in [2.45, 2.75) is 89.9 Å². The van der Waals surface area contributed by atoms with Gasteiger partial charge in [-0.3, -0.25) is 0 Å². The Morgan fingerprint density at radius 1 is 1.19 bits per heavy atom. The molecule has 31 heavy (non-hydrogen) atoms. The third-order valence-electron chi connectivity index (χ3n) is 5.73. The highest BCUT2D eigenvalue weighted by Crippen LogP contribution is 2.44. The first-order chi connectivity index (χ1) is 14.3. The van der Waals surface area contributed by atoms with Gasteiger partial charge in [-0.25, -0.2) is 4.79 Å². The molecule has 0 aromatic heterocycles. The second-order valence-corrected chi connectivity index (χ2v) is 14.5. The van der Waals surface area contributed by atoms with Gasteiger partial charge in [-0.2, -0.15) is 0 Å². The van der Waals surface area contributed by atoms with Crippen LogP contribution in [0.15, 0.2) is 30.3 Å². The number of aliphatic hydroxyl groups excluding tert-OH is 1. The van der Waals surface area contributed by atoms with Crippen LogP contribution < -0.4 is 0 Å². The minimum Gasteiger partial charge on any atom is -0.456 e. The summed E-state index contributed by atoms with van der Waals surface area (Å²) in [5.74, 6) is 3.26.